The van der Waals surface area contributed by atoms with Crippen molar-refractivity contribution in [2.45, 2.75) is 0 Å². The standard InChI is InChI=1S/C11H13N5O2/c1-17-6-3-4-8(18-2)7(5-6)9-14-10(12)16-11(13)15-9/h3-5H,1-2H3,(H4,12,13,14,15,16). The lowest BCUT2D eigenvalue weighted by atomic mass is 10.1. The van der Waals surface area contributed by atoms with Gasteiger partial charge in [0.15, 0.2) is 5.82 Å². The average Bonchev–Trinajstić information content (AvgIpc) is 2.36. The monoisotopic (exact) mass is 247 g/mol. The second-order valence-electron chi connectivity index (χ2n) is 3.44. The van der Waals surface area contributed by atoms with Crippen LogP contribution in [0.2, 0.25) is 0 Å². The molecule has 0 atom stereocenters. The van der Waals surface area contributed by atoms with Gasteiger partial charge in [0.1, 0.15) is 11.5 Å². The Morgan fingerprint density at radius 2 is 1.61 bits per heavy atom. The van der Waals surface area contributed by atoms with Crippen LogP contribution in [0.25, 0.3) is 11.4 Å². The van der Waals surface area contributed by atoms with E-state index in [1.54, 1.807) is 32.4 Å². The zero-order valence-electron chi connectivity index (χ0n) is 10.0. The maximum atomic E-state index is 5.54. The summed E-state index contributed by atoms with van der Waals surface area (Å²) in [7, 11) is 3.13. The highest BCUT2D eigenvalue weighted by molar-refractivity contribution is 5.67. The number of ether oxygens (including phenoxy) is 2. The second-order valence-corrected chi connectivity index (χ2v) is 3.44. The number of nitrogens with two attached hydrogens (primary N) is 2. The van der Waals surface area contributed by atoms with E-state index in [0.29, 0.717) is 22.9 Å². The molecule has 0 saturated carbocycles. The number of rotatable bonds is 3. The van der Waals surface area contributed by atoms with E-state index in [0.717, 1.165) is 0 Å². The van der Waals surface area contributed by atoms with E-state index in [1.165, 1.54) is 0 Å². The molecule has 1 aromatic heterocycles. The molecule has 4 N–H and O–H groups in total. The molecule has 7 nitrogen and oxygen atoms in total. The number of hydrogen-bond donors (Lipinski definition) is 2. The molecule has 1 aromatic carbocycles. The van der Waals surface area contributed by atoms with Crippen molar-refractivity contribution in [3.8, 4) is 22.9 Å². The molecule has 0 radical (unpaired) electrons. The summed E-state index contributed by atoms with van der Waals surface area (Å²) in [5, 5.41) is 0. The lowest BCUT2D eigenvalue weighted by Gasteiger charge is -2.09. The molecule has 0 amide bonds. The summed E-state index contributed by atoms with van der Waals surface area (Å²) in [5.41, 5.74) is 11.7. The summed E-state index contributed by atoms with van der Waals surface area (Å²) in [4.78, 5) is 11.8. The molecule has 0 spiro atoms. The third kappa shape index (κ3) is 2.24. The van der Waals surface area contributed by atoms with Crippen LogP contribution in [0.1, 0.15) is 0 Å². The van der Waals surface area contributed by atoms with Crippen LogP contribution in [0.15, 0.2) is 18.2 Å². The van der Waals surface area contributed by atoms with Crippen LogP contribution in [0, 0.1) is 0 Å². The molecule has 0 saturated heterocycles. The van der Waals surface area contributed by atoms with Gasteiger partial charge in [-0.15, -0.1) is 0 Å². The van der Waals surface area contributed by atoms with Crippen LogP contribution in [-0.4, -0.2) is 29.2 Å². The summed E-state index contributed by atoms with van der Waals surface area (Å²) in [5.74, 6) is 1.71. The van der Waals surface area contributed by atoms with Crippen LogP contribution >= 0.6 is 0 Å². The summed E-state index contributed by atoms with van der Waals surface area (Å²) >= 11 is 0. The van der Waals surface area contributed by atoms with E-state index in [2.05, 4.69) is 15.0 Å². The molecular formula is C11H13N5O2. The Kier molecular flexibility index (Phi) is 3.13. The fraction of sp³-hybridized carbons (Fsp3) is 0.182. The minimum Gasteiger partial charge on any atom is -0.497 e. The molecule has 0 aliphatic rings. The van der Waals surface area contributed by atoms with Gasteiger partial charge in [0.05, 0.1) is 19.8 Å². The molecule has 0 bridgehead atoms. The van der Waals surface area contributed by atoms with E-state index in [1.807, 2.05) is 0 Å². The zero-order valence-corrected chi connectivity index (χ0v) is 10.0. The van der Waals surface area contributed by atoms with Gasteiger partial charge < -0.3 is 20.9 Å². The van der Waals surface area contributed by atoms with Crippen molar-refractivity contribution in [2.24, 2.45) is 0 Å². The average molecular weight is 247 g/mol. The third-order valence-electron chi connectivity index (χ3n) is 2.32. The van der Waals surface area contributed by atoms with Crippen molar-refractivity contribution in [1.29, 1.82) is 0 Å². The Morgan fingerprint density at radius 3 is 2.17 bits per heavy atom. The number of benzene rings is 1. The molecule has 2 rings (SSSR count). The minimum absolute atomic E-state index is 0.0578. The summed E-state index contributed by atoms with van der Waals surface area (Å²) < 4.78 is 10.4. The fourth-order valence-electron chi connectivity index (χ4n) is 1.52. The summed E-state index contributed by atoms with van der Waals surface area (Å²) in [6.07, 6.45) is 0. The Hall–Kier alpha value is -2.57. The predicted octanol–water partition coefficient (Wildman–Crippen LogP) is 0.720. The lowest BCUT2D eigenvalue weighted by molar-refractivity contribution is 0.404. The van der Waals surface area contributed by atoms with Gasteiger partial charge in [-0.3, -0.25) is 0 Å². The molecule has 0 fully saturated rings. The van der Waals surface area contributed by atoms with E-state index in [9.17, 15) is 0 Å². The van der Waals surface area contributed by atoms with Gasteiger partial charge in [0.2, 0.25) is 11.9 Å². The van der Waals surface area contributed by atoms with Crippen molar-refractivity contribution in [2.75, 3.05) is 25.7 Å². The Bertz CT molecular complexity index is 553. The van der Waals surface area contributed by atoms with Crippen LogP contribution in [0.3, 0.4) is 0 Å². The first-order valence-corrected chi connectivity index (χ1v) is 5.13. The maximum absolute atomic E-state index is 5.54. The van der Waals surface area contributed by atoms with Crippen molar-refractivity contribution < 1.29 is 9.47 Å². The number of nitrogens with zero attached hydrogens (tertiary/aromatic N) is 3. The summed E-state index contributed by atoms with van der Waals surface area (Å²) in [6.45, 7) is 0. The van der Waals surface area contributed by atoms with Gasteiger partial charge in [-0.05, 0) is 18.2 Å². The van der Waals surface area contributed by atoms with Crippen LogP contribution in [0.5, 0.6) is 11.5 Å². The maximum Gasteiger partial charge on any atom is 0.225 e. The molecule has 94 valence electrons. The lowest BCUT2D eigenvalue weighted by Crippen LogP contribution is -2.05. The van der Waals surface area contributed by atoms with E-state index in [-0.39, 0.29) is 11.9 Å². The first kappa shape index (κ1) is 11.9. The molecule has 1 heterocycles. The van der Waals surface area contributed by atoms with Gasteiger partial charge in [0.25, 0.3) is 0 Å². The smallest absolute Gasteiger partial charge is 0.225 e. The topological polar surface area (TPSA) is 109 Å². The third-order valence-corrected chi connectivity index (χ3v) is 2.32. The SMILES string of the molecule is COc1ccc(OC)c(-c2nc(N)nc(N)n2)c1. The Balaban J connectivity index is 2.60. The van der Waals surface area contributed by atoms with E-state index >= 15 is 0 Å². The molecule has 0 aliphatic carbocycles. The summed E-state index contributed by atoms with van der Waals surface area (Å²) in [6, 6.07) is 5.27. The molecule has 2 aromatic rings. The van der Waals surface area contributed by atoms with Gasteiger partial charge in [-0.1, -0.05) is 0 Å². The Morgan fingerprint density at radius 1 is 0.944 bits per heavy atom. The fourth-order valence-corrected chi connectivity index (χ4v) is 1.52. The highest BCUT2D eigenvalue weighted by atomic mass is 16.5. The number of anilines is 2. The highest BCUT2D eigenvalue weighted by Gasteiger charge is 2.12. The predicted molar refractivity (Wildman–Crippen MR) is 67.2 cm³/mol. The van der Waals surface area contributed by atoms with Crippen molar-refractivity contribution in [1.82, 2.24) is 15.0 Å². The van der Waals surface area contributed by atoms with Crippen LogP contribution < -0.4 is 20.9 Å². The molecular weight excluding hydrogens is 234 g/mol. The first-order valence-electron chi connectivity index (χ1n) is 5.13. The minimum atomic E-state index is 0.0578. The van der Waals surface area contributed by atoms with Crippen molar-refractivity contribution >= 4 is 11.9 Å². The normalized spacial score (nSPS) is 10.1. The van der Waals surface area contributed by atoms with Gasteiger partial charge in [0, 0.05) is 0 Å². The largest absolute Gasteiger partial charge is 0.497 e. The van der Waals surface area contributed by atoms with Gasteiger partial charge >= 0.3 is 0 Å². The van der Waals surface area contributed by atoms with Crippen molar-refractivity contribution in [3.63, 3.8) is 0 Å². The molecule has 18 heavy (non-hydrogen) atoms. The molecule has 0 aliphatic heterocycles. The van der Waals surface area contributed by atoms with Crippen molar-refractivity contribution in [3.05, 3.63) is 18.2 Å². The quantitative estimate of drug-likeness (QED) is 0.822. The van der Waals surface area contributed by atoms with Gasteiger partial charge in [-0.2, -0.15) is 15.0 Å². The zero-order chi connectivity index (χ0) is 13.1. The Labute approximate surface area is 104 Å². The van der Waals surface area contributed by atoms with Gasteiger partial charge in [-0.25, -0.2) is 0 Å². The van der Waals surface area contributed by atoms with Crippen LogP contribution in [-0.2, 0) is 0 Å². The number of aromatic nitrogens is 3. The van der Waals surface area contributed by atoms with E-state index in [4.69, 9.17) is 20.9 Å². The van der Waals surface area contributed by atoms with Crippen LogP contribution in [0.4, 0.5) is 11.9 Å². The van der Waals surface area contributed by atoms with E-state index < -0.39 is 0 Å². The number of nitrogen functional groups attached to an aromatic ring is 2. The number of methoxy groups -OCH3 is 2. The number of hydrogen-bond acceptors (Lipinski definition) is 7. The second kappa shape index (κ2) is 4.74. The molecule has 7 heteroatoms. The molecule has 0 unspecified atom stereocenters. The highest BCUT2D eigenvalue weighted by Crippen LogP contribution is 2.31. The first-order chi connectivity index (χ1) is 8.63.